The normalized spacial score (nSPS) is 10.6. The third-order valence-corrected chi connectivity index (χ3v) is 4.67. The first-order valence-electron chi connectivity index (χ1n) is 10.1. The van der Waals surface area contributed by atoms with E-state index in [9.17, 15) is 14.4 Å². The molecular formula is C25H23N3O4. The van der Waals surface area contributed by atoms with Gasteiger partial charge in [0.25, 0.3) is 0 Å². The van der Waals surface area contributed by atoms with E-state index in [0.29, 0.717) is 22.6 Å². The third kappa shape index (κ3) is 5.89. The number of hydrogen-bond donors (Lipinski definition) is 2. The molecule has 0 spiro atoms. The molecule has 0 unspecified atom stereocenters. The van der Waals surface area contributed by atoms with Gasteiger partial charge in [0, 0.05) is 5.69 Å². The molecule has 32 heavy (non-hydrogen) atoms. The standard InChI is InChI=1S/C25H23N3O4/c1-3-19-11-5-7-14-22(19)27-23(29)24(30)28-26-16-18-10-8-12-20(15-18)32-25(31)21-13-6-4-9-17(21)2/h4-16H,3H2,1-2H3,(H,27,29)(H,28,30)/b26-16+. The molecule has 0 bridgehead atoms. The largest absolute Gasteiger partial charge is 0.423 e. The highest BCUT2D eigenvalue weighted by Gasteiger charge is 2.14. The zero-order valence-corrected chi connectivity index (χ0v) is 17.8. The summed E-state index contributed by atoms with van der Waals surface area (Å²) in [7, 11) is 0. The Morgan fingerprint density at radius 1 is 0.938 bits per heavy atom. The first-order chi connectivity index (χ1) is 15.5. The van der Waals surface area contributed by atoms with Gasteiger partial charge in [-0.2, -0.15) is 5.10 Å². The highest BCUT2D eigenvalue weighted by molar-refractivity contribution is 6.39. The summed E-state index contributed by atoms with van der Waals surface area (Å²) in [6.45, 7) is 3.79. The number of ether oxygens (including phenoxy) is 1. The van der Waals surface area contributed by atoms with E-state index in [1.807, 2.05) is 38.1 Å². The molecule has 0 fully saturated rings. The maximum Gasteiger partial charge on any atom is 0.343 e. The zero-order chi connectivity index (χ0) is 22.9. The van der Waals surface area contributed by atoms with Gasteiger partial charge in [-0.05, 0) is 54.3 Å². The molecule has 7 heteroatoms. The van der Waals surface area contributed by atoms with E-state index in [4.69, 9.17) is 4.74 Å². The van der Waals surface area contributed by atoms with Crippen molar-refractivity contribution in [3.8, 4) is 5.75 Å². The first kappa shape index (κ1) is 22.4. The molecule has 0 saturated carbocycles. The Hall–Kier alpha value is -4.26. The van der Waals surface area contributed by atoms with E-state index in [0.717, 1.165) is 17.5 Å². The number of esters is 1. The smallest absolute Gasteiger partial charge is 0.343 e. The second kappa shape index (κ2) is 10.7. The van der Waals surface area contributed by atoms with E-state index >= 15 is 0 Å². The highest BCUT2D eigenvalue weighted by atomic mass is 16.5. The predicted octanol–water partition coefficient (Wildman–Crippen LogP) is 3.87. The Morgan fingerprint density at radius 2 is 1.69 bits per heavy atom. The molecule has 0 aliphatic heterocycles. The van der Waals surface area contributed by atoms with E-state index in [2.05, 4.69) is 15.8 Å². The van der Waals surface area contributed by atoms with Crippen molar-refractivity contribution in [3.63, 3.8) is 0 Å². The summed E-state index contributed by atoms with van der Waals surface area (Å²) in [6, 6.07) is 21.1. The van der Waals surface area contributed by atoms with Crippen LogP contribution in [0.3, 0.4) is 0 Å². The van der Waals surface area contributed by atoms with Crippen LogP contribution in [-0.2, 0) is 16.0 Å². The van der Waals surface area contributed by atoms with Gasteiger partial charge >= 0.3 is 17.8 Å². The number of carbonyl (C=O) groups excluding carboxylic acids is 3. The van der Waals surface area contributed by atoms with Crippen LogP contribution in [0.25, 0.3) is 0 Å². The molecule has 3 rings (SSSR count). The van der Waals surface area contributed by atoms with Crippen LogP contribution >= 0.6 is 0 Å². The van der Waals surface area contributed by atoms with Gasteiger partial charge < -0.3 is 10.1 Å². The topological polar surface area (TPSA) is 96.9 Å². The number of nitrogens with one attached hydrogen (secondary N) is 2. The maximum absolute atomic E-state index is 12.4. The molecule has 7 nitrogen and oxygen atoms in total. The molecule has 0 radical (unpaired) electrons. The van der Waals surface area contributed by atoms with Gasteiger partial charge in [0.1, 0.15) is 5.75 Å². The van der Waals surface area contributed by atoms with E-state index < -0.39 is 17.8 Å². The van der Waals surface area contributed by atoms with Crippen LogP contribution in [0, 0.1) is 6.92 Å². The second-order valence-corrected chi connectivity index (χ2v) is 6.94. The van der Waals surface area contributed by atoms with Crippen molar-refractivity contribution in [1.29, 1.82) is 0 Å². The Kier molecular flexibility index (Phi) is 7.48. The van der Waals surface area contributed by atoms with Gasteiger partial charge in [-0.1, -0.05) is 55.5 Å². The van der Waals surface area contributed by atoms with Crippen molar-refractivity contribution in [2.24, 2.45) is 5.10 Å². The molecule has 0 aliphatic carbocycles. The number of rotatable bonds is 6. The van der Waals surface area contributed by atoms with Crippen LogP contribution in [0.5, 0.6) is 5.75 Å². The van der Waals surface area contributed by atoms with Gasteiger partial charge in [-0.25, -0.2) is 10.2 Å². The lowest BCUT2D eigenvalue weighted by Crippen LogP contribution is -2.32. The number of hydrazone groups is 1. The SMILES string of the molecule is CCc1ccccc1NC(=O)C(=O)N/N=C/c1cccc(OC(=O)c2ccccc2C)c1. The summed E-state index contributed by atoms with van der Waals surface area (Å²) in [5, 5.41) is 6.39. The average molecular weight is 429 g/mol. The Labute approximate surface area is 186 Å². The van der Waals surface area contributed by atoms with Crippen LogP contribution < -0.4 is 15.5 Å². The summed E-state index contributed by atoms with van der Waals surface area (Å²) < 4.78 is 5.42. The van der Waals surface area contributed by atoms with Crippen LogP contribution in [0.15, 0.2) is 77.9 Å². The average Bonchev–Trinajstić information content (AvgIpc) is 2.79. The molecule has 0 aliphatic rings. The minimum absolute atomic E-state index is 0.336. The minimum Gasteiger partial charge on any atom is -0.423 e. The lowest BCUT2D eigenvalue weighted by atomic mass is 10.1. The number of benzene rings is 3. The van der Waals surface area contributed by atoms with Gasteiger partial charge in [-0.3, -0.25) is 9.59 Å². The zero-order valence-electron chi connectivity index (χ0n) is 17.8. The quantitative estimate of drug-likeness (QED) is 0.204. The number of carbonyl (C=O) groups is 3. The molecular weight excluding hydrogens is 406 g/mol. The molecule has 3 aromatic carbocycles. The Morgan fingerprint density at radius 3 is 2.47 bits per heavy atom. The number of amides is 2. The third-order valence-electron chi connectivity index (χ3n) is 4.67. The lowest BCUT2D eigenvalue weighted by molar-refractivity contribution is -0.136. The van der Waals surface area contributed by atoms with Crippen molar-refractivity contribution < 1.29 is 19.1 Å². The monoisotopic (exact) mass is 429 g/mol. The van der Waals surface area contributed by atoms with Crippen molar-refractivity contribution in [1.82, 2.24) is 5.43 Å². The summed E-state index contributed by atoms with van der Waals surface area (Å²) in [4.78, 5) is 36.5. The number of hydrogen-bond acceptors (Lipinski definition) is 5. The maximum atomic E-state index is 12.4. The number of anilines is 1. The fourth-order valence-electron chi connectivity index (χ4n) is 2.97. The van der Waals surface area contributed by atoms with E-state index in [-0.39, 0.29) is 0 Å². The van der Waals surface area contributed by atoms with Gasteiger partial charge in [-0.15, -0.1) is 0 Å². The molecule has 0 aromatic heterocycles. The molecule has 0 atom stereocenters. The highest BCUT2D eigenvalue weighted by Crippen LogP contribution is 2.17. The van der Waals surface area contributed by atoms with Crippen LogP contribution in [0.4, 0.5) is 5.69 Å². The molecule has 162 valence electrons. The van der Waals surface area contributed by atoms with Gasteiger partial charge in [0.05, 0.1) is 11.8 Å². The fraction of sp³-hybridized carbons (Fsp3) is 0.120. The molecule has 2 N–H and O–H groups in total. The minimum atomic E-state index is -0.894. The van der Waals surface area contributed by atoms with Crippen LogP contribution in [-0.4, -0.2) is 24.0 Å². The first-order valence-corrected chi connectivity index (χ1v) is 10.1. The Bertz CT molecular complexity index is 1170. The number of aryl methyl sites for hydroxylation is 2. The summed E-state index contributed by atoms with van der Waals surface area (Å²) in [5.41, 5.74) is 5.58. The lowest BCUT2D eigenvalue weighted by Gasteiger charge is -2.08. The van der Waals surface area contributed by atoms with Crippen molar-refractivity contribution in [3.05, 3.63) is 95.1 Å². The van der Waals surface area contributed by atoms with Crippen LogP contribution in [0.1, 0.15) is 34.0 Å². The fourth-order valence-corrected chi connectivity index (χ4v) is 2.97. The summed E-state index contributed by atoms with van der Waals surface area (Å²) in [6.07, 6.45) is 2.08. The molecule has 0 saturated heterocycles. The molecule has 3 aromatic rings. The van der Waals surface area contributed by atoms with Gasteiger partial charge in [0.2, 0.25) is 0 Å². The summed E-state index contributed by atoms with van der Waals surface area (Å²) in [5.74, 6) is -1.84. The molecule has 0 heterocycles. The van der Waals surface area contributed by atoms with Crippen molar-refractivity contribution >= 4 is 29.7 Å². The van der Waals surface area contributed by atoms with E-state index in [1.165, 1.54) is 6.21 Å². The predicted molar refractivity (Wildman–Crippen MR) is 123 cm³/mol. The van der Waals surface area contributed by atoms with E-state index in [1.54, 1.807) is 48.5 Å². The van der Waals surface area contributed by atoms with Crippen LogP contribution in [0.2, 0.25) is 0 Å². The van der Waals surface area contributed by atoms with Gasteiger partial charge in [0.15, 0.2) is 0 Å². The summed E-state index contributed by atoms with van der Waals surface area (Å²) >= 11 is 0. The van der Waals surface area contributed by atoms with Crippen molar-refractivity contribution in [2.45, 2.75) is 20.3 Å². The Balaban J connectivity index is 1.58. The molecule has 2 amide bonds. The second-order valence-electron chi connectivity index (χ2n) is 6.94. The van der Waals surface area contributed by atoms with Crippen molar-refractivity contribution in [2.75, 3.05) is 5.32 Å². The number of para-hydroxylation sites is 1. The number of nitrogens with zero attached hydrogens (tertiary/aromatic N) is 1.